The number of carboxylic acid groups (broad SMARTS) is 1. The Kier molecular flexibility index (Phi) is 4.16. The molecule has 2 heterocycles. The van der Waals surface area contributed by atoms with Gasteiger partial charge in [-0.1, -0.05) is 29.3 Å². The van der Waals surface area contributed by atoms with Gasteiger partial charge in [-0.05, 0) is 19.1 Å². The summed E-state index contributed by atoms with van der Waals surface area (Å²) in [5.74, 6) is 0.355. The molecule has 2 aromatic heterocycles. The van der Waals surface area contributed by atoms with Crippen LogP contribution < -0.4 is 10.9 Å². The lowest BCUT2D eigenvalue weighted by molar-refractivity contribution is 0.190. The number of aromatic amines is 1. The van der Waals surface area contributed by atoms with Crippen LogP contribution in [0.2, 0.25) is 10.2 Å². The van der Waals surface area contributed by atoms with Gasteiger partial charge in [0.15, 0.2) is 5.82 Å². The molecule has 0 saturated carbocycles. The summed E-state index contributed by atoms with van der Waals surface area (Å²) in [6.07, 6.45) is -1.24. The van der Waals surface area contributed by atoms with Crippen LogP contribution in [0, 0.1) is 0 Å². The van der Waals surface area contributed by atoms with E-state index in [0.717, 1.165) is 0 Å². The number of hydrogen-bond acceptors (Lipinski definition) is 4. The van der Waals surface area contributed by atoms with E-state index in [9.17, 15) is 9.59 Å². The quantitative estimate of drug-likeness (QED) is 0.658. The van der Waals surface area contributed by atoms with Gasteiger partial charge in [-0.15, -0.1) is 0 Å². The topological polar surface area (TPSA) is 113 Å². The van der Waals surface area contributed by atoms with Gasteiger partial charge in [-0.25, -0.2) is 14.3 Å². The molecule has 0 spiro atoms. The second-order valence-electron chi connectivity index (χ2n) is 4.99. The first-order valence-corrected chi connectivity index (χ1v) is 7.56. The number of rotatable bonds is 3. The van der Waals surface area contributed by atoms with Crippen molar-refractivity contribution in [3.05, 3.63) is 50.6 Å². The molecule has 3 aromatic rings. The summed E-state index contributed by atoms with van der Waals surface area (Å²) in [6, 6.07) is 5.53. The van der Waals surface area contributed by atoms with Crippen LogP contribution in [0.3, 0.4) is 0 Å². The Bertz CT molecular complexity index is 998. The highest BCUT2D eigenvalue weighted by atomic mass is 35.5. The highest BCUT2D eigenvalue weighted by molar-refractivity contribution is 6.35. The average molecular weight is 368 g/mol. The Labute approximate surface area is 145 Å². The standard InChI is InChI=1S/C14H11Cl2N5O3/c1-6(17-14(23)24)12-18-8-4-2-3-7(15)11(8)13(22)21(12)10-5-9(16)19-20-10/h2-6,17H,1H3,(H,19,20)(H,23,24). The molecule has 1 amide bonds. The number of nitrogens with zero attached hydrogens (tertiary/aromatic N) is 3. The molecule has 24 heavy (non-hydrogen) atoms. The summed E-state index contributed by atoms with van der Waals surface area (Å²) in [4.78, 5) is 28.3. The van der Waals surface area contributed by atoms with Gasteiger partial charge in [0.2, 0.25) is 0 Å². The predicted octanol–water partition coefficient (Wildman–Crippen LogP) is 2.74. The van der Waals surface area contributed by atoms with Gasteiger partial charge in [0.25, 0.3) is 5.56 Å². The second-order valence-corrected chi connectivity index (χ2v) is 5.80. The number of amides is 1. The highest BCUT2D eigenvalue weighted by Gasteiger charge is 2.21. The molecule has 124 valence electrons. The number of carbonyl (C=O) groups is 1. The van der Waals surface area contributed by atoms with E-state index in [1.54, 1.807) is 25.1 Å². The van der Waals surface area contributed by atoms with Crippen molar-refractivity contribution in [1.29, 1.82) is 0 Å². The summed E-state index contributed by atoms with van der Waals surface area (Å²) in [7, 11) is 0. The van der Waals surface area contributed by atoms with Crippen molar-refractivity contribution in [3.63, 3.8) is 0 Å². The minimum Gasteiger partial charge on any atom is -0.465 e. The molecule has 1 unspecified atom stereocenters. The molecule has 0 saturated heterocycles. The summed E-state index contributed by atoms with van der Waals surface area (Å²) in [5.41, 5.74) is -0.109. The van der Waals surface area contributed by atoms with Gasteiger partial charge in [-0.2, -0.15) is 5.10 Å². The highest BCUT2D eigenvalue weighted by Crippen LogP contribution is 2.22. The molecule has 0 aliphatic carbocycles. The Hall–Kier alpha value is -2.58. The summed E-state index contributed by atoms with van der Waals surface area (Å²) < 4.78 is 1.18. The first-order valence-electron chi connectivity index (χ1n) is 6.80. The third-order valence-electron chi connectivity index (χ3n) is 3.36. The third kappa shape index (κ3) is 2.81. The normalized spacial score (nSPS) is 12.3. The zero-order valence-electron chi connectivity index (χ0n) is 12.2. The van der Waals surface area contributed by atoms with Crippen molar-refractivity contribution >= 4 is 40.2 Å². The monoisotopic (exact) mass is 367 g/mol. The van der Waals surface area contributed by atoms with E-state index in [0.29, 0.717) is 5.52 Å². The lowest BCUT2D eigenvalue weighted by atomic mass is 10.2. The van der Waals surface area contributed by atoms with E-state index in [1.165, 1.54) is 10.6 Å². The number of benzene rings is 1. The molecule has 3 N–H and O–H groups in total. The minimum atomic E-state index is -1.24. The predicted molar refractivity (Wildman–Crippen MR) is 89.1 cm³/mol. The molecule has 1 atom stereocenters. The van der Waals surface area contributed by atoms with Crippen molar-refractivity contribution in [2.45, 2.75) is 13.0 Å². The number of halogens is 2. The number of nitrogens with one attached hydrogen (secondary N) is 2. The molecule has 0 aliphatic heterocycles. The SMILES string of the molecule is CC(NC(=O)O)c1nc2cccc(Cl)c2c(=O)n1-c1cc(Cl)[nH]n1. The van der Waals surface area contributed by atoms with E-state index in [1.807, 2.05) is 0 Å². The van der Waals surface area contributed by atoms with E-state index in [4.69, 9.17) is 28.3 Å². The first kappa shape index (κ1) is 16.3. The number of aromatic nitrogens is 4. The summed E-state index contributed by atoms with van der Waals surface area (Å²) in [6.45, 7) is 1.57. The van der Waals surface area contributed by atoms with Crippen LogP contribution >= 0.6 is 23.2 Å². The molecular weight excluding hydrogens is 357 g/mol. The van der Waals surface area contributed by atoms with Crippen molar-refractivity contribution < 1.29 is 9.90 Å². The van der Waals surface area contributed by atoms with Gasteiger partial charge >= 0.3 is 6.09 Å². The molecule has 0 aliphatic rings. The van der Waals surface area contributed by atoms with Gasteiger partial charge in [0, 0.05) is 6.07 Å². The van der Waals surface area contributed by atoms with Crippen molar-refractivity contribution in [1.82, 2.24) is 25.1 Å². The van der Waals surface area contributed by atoms with Crippen LogP contribution in [-0.2, 0) is 0 Å². The maximum Gasteiger partial charge on any atom is 0.405 e. The van der Waals surface area contributed by atoms with E-state index < -0.39 is 17.7 Å². The zero-order chi connectivity index (χ0) is 17.4. The molecular formula is C14H11Cl2N5O3. The third-order valence-corrected chi connectivity index (χ3v) is 3.87. The van der Waals surface area contributed by atoms with Crippen LogP contribution in [0.25, 0.3) is 16.7 Å². The van der Waals surface area contributed by atoms with Gasteiger partial charge in [-0.3, -0.25) is 9.89 Å². The Morgan fingerprint density at radius 3 is 2.79 bits per heavy atom. The summed E-state index contributed by atoms with van der Waals surface area (Å²) in [5, 5.41) is 18.4. The average Bonchev–Trinajstić information content (AvgIpc) is 2.92. The Balaban J connectivity index is 2.36. The van der Waals surface area contributed by atoms with Crippen LogP contribution in [0.15, 0.2) is 29.1 Å². The van der Waals surface area contributed by atoms with Gasteiger partial charge in [0.1, 0.15) is 11.0 Å². The number of hydrogen-bond donors (Lipinski definition) is 3. The van der Waals surface area contributed by atoms with Gasteiger partial charge < -0.3 is 10.4 Å². The fourth-order valence-corrected chi connectivity index (χ4v) is 2.76. The fraction of sp³-hybridized carbons (Fsp3) is 0.143. The van der Waals surface area contributed by atoms with Crippen LogP contribution in [0.1, 0.15) is 18.8 Å². The fourth-order valence-electron chi connectivity index (χ4n) is 2.37. The molecule has 3 rings (SSSR count). The van der Waals surface area contributed by atoms with E-state index >= 15 is 0 Å². The second kappa shape index (κ2) is 6.14. The largest absolute Gasteiger partial charge is 0.465 e. The van der Waals surface area contributed by atoms with E-state index in [2.05, 4.69) is 20.5 Å². The van der Waals surface area contributed by atoms with Crippen molar-refractivity contribution in [2.75, 3.05) is 0 Å². The molecule has 8 nitrogen and oxygen atoms in total. The molecule has 1 aromatic carbocycles. The Morgan fingerprint density at radius 2 is 2.17 bits per heavy atom. The lowest BCUT2D eigenvalue weighted by Crippen LogP contribution is -2.32. The molecule has 10 heteroatoms. The summed E-state index contributed by atoms with van der Waals surface area (Å²) >= 11 is 12.0. The maximum absolute atomic E-state index is 12.9. The van der Waals surface area contributed by atoms with Crippen LogP contribution in [0.5, 0.6) is 0 Å². The van der Waals surface area contributed by atoms with Gasteiger partial charge in [0.05, 0.1) is 22.0 Å². The van der Waals surface area contributed by atoms with Crippen LogP contribution in [-0.4, -0.2) is 30.9 Å². The number of fused-ring (bicyclic) bond motifs is 1. The lowest BCUT2D eigenvalue weighted by Gasteiger charge is -2.17. The first-order chi connectivity index (χ1) is 11.4. The van der Waals surface area contributed by atoms with E-state index in [-0.39, 0.29) is 27.2 Å². The maximum atomic E-state index is 12.9. The van der Waals surface area contributed by atoms with Crippen molar-refractivity contribution in [2.24, 2.45) is 0 Å². The molecule has 0 fully saturated rings. The smallest absolute Gasteiger partial charge is 0.405 e. The Morgan fingerprint density at radius 1 is 1.42 bits per heavy atom. The molecule has 0 radical (unpaired) electrons. The number of H-pyrrole nitrogens is 1. The molecule has 0 bridgehead atoms. The van der Waals surface area contributed by atoms with Crippen LogP contribution in [0.4, 0.5) is 4.79 Å². The van der Waals surface area contributed by atoms with Crippen molar-refractivity contribution in [3.8, 4) is 5.82 Å². The zero-order valence-corrected chi connectivity index (χ0v) is 13.8. The minimum absolute atomic E-state index is 0.167.